The van der Waals surface area contributed by atoms with Gasteiger partial charge in [-0.1, -0.05) is 0 Å². The maximum atomic E-state index is 9.23. The van der Waals surface area contributed by atoms with E-state index in [0.717, 1.165) is 25.0 Å². The average Bonchev–Trinajstić information content (AvgIpc) is 2.33. The molecule has 1 aromatic heterocycles. The predicted molar refractivity (Wildman–Crippen MR) is 36.6 cm³/mol. The van der Waals surface area contributed by atoms with E-state index in [2.05, 4.69) is 10.2 Å². The van der Waals surface area contributed by atoms with Crippen LogP contribution >= 0.6 is 0 Å². The molecule has 0 amide bonds. The zero-order valence-corrected chi connectivity index (χ0v) is 5.67. The van der Waals surface area contributed by atoms with Crippen LogP contribution in [0.3, 0.4) is 0 Å². The number of aliphatic hydroxyl groups is 1. The lowest BCUT2D eigenvalue weighted by Crippen LogP contribution is -2.17. The van der Waals surface area contributed by atoms with E-state index in [1.807, 2.05) is 6.20 Å². The van der Waals surface area contributed by atoms with Gasteiger partial charge >= 0.3 is 0 Å². The number of rotatable bonds is 0. The van der Waals surface area contributed by atoms with Crippen molar-refractivity contribution in [3.63, 3.8) is 0 Å². The number of aryl methyl sites for hydroxylation is 1. The lowest BCUT2D eigenvalue weighted by atomic mass is 9.96. The van der Waals surface area contributed by atoms with Crippen LogP contribution in [-0.4, -0.2) is 21.4 Å². The number of aliphatic hydroxyl groups excluding tert-OH is 1. The van der Waals surface area contributed by atoms with Gasteiger partial charge in [0.05, 0.1) is 12.3 Å². The summed E-state index contributed by atoms with van der Waals surface area (Å²) in [5.41, 5.74) is 2.38. The Morgan fingerprint density at radius 2 is 2.60 bits per heavy atom. The molecule has 3 heteroatoms. The van der Waals surface area contributed by atoms with Gasteiger partial charge in [0.15, 0.2) is 0 Å². The van der Waals surface area contributed by atoms with Gasteiger partial charge in [0, 0.05) is 12.1 Å². The number of aromatic nitrogens is 2. The van der Waals surface area contributed by atoms with Crippen molar-refractivity contribution < 1.29 is 5.11 Å². The first-order chi connectivity index (χ1) is 4.86. The van der Waals surface area contributed by atoms with E-state index in [4.69, 9.17) is 0 Å². The molecular formula is C7H10N2O. The van der Waals surface area contributed by atoms with Crippen LogP contribution in [0.4, 0.5) is 0 Å². The fourth-order valence-electron chi connectivity index (χ4n) is 1.39. The second-order valence-electron chi connectivity index (χ2n) is 2.77. The Kier molecular flexibility index (Phi) is 1.24. The van der Waals surface area contributed by atoms with Gasteiger partial charge in [-0.2, -0.15) is 5.10 Å². The Balaban J connectivity index is 2.30. The second-order valence-corrected chi connectivity index (χ2v) is 2.77. The summed E-state index contributed by atoms with van der Waals surface area (Å²) in [6.07, 6.45) is 4.28. The minimum atomic E-state index is -0.159. The molecule has 1 aliphatic carbocycles. The van der Waals surface area contributed by atoms with E-state index < -0.39 is 0 Å². The highest BCUT2D eigenvalue weighted by molar-refractivity contribution is 5.19. The minimum Gasteiger partial charge on any atom is -0.393 e. The number of H-pyrrole nitrogens is 1. The molecule has 0 spiro atoms. The topological polar surface area (TPSA) is 48.9 Å². The van der Waals surface area contributed by atoms with E-state index in [0.29, 0.717) is 0 Å². The van der Waals surface area contributed by atoms with Crippen LogP contribution in [-0.2, 0) is 12.8 Å². The summed E-state index contributed by atoms with van der Waals surface area (Å²) in [5, 5.41) is 16.0. The summed E-state index contributed by atoms with van der Waals surface area (Å²) in [5.74, 6) is 0. The van der Waals surface area contributed by atoms with Crippen LogP contribution in [0.25, 0.3) is 0 Å². The molecule has 0 bridgehead atoms. The van der Waals surface area contributed by atoms with Gasteiger partial charge in [-0.15, -0.1) is 0 Å². The highest BCUT2D eigenvalue weighted by atomic mass is 16.3. The third-order valence-corrected chi connectivity index (χ3v) is 1.99. The van der Waals surface area contributed by atoms with Gasteiger partial charge in [0.25, 0.3) is 0 Å². The van der Waals surface area contributed by atoms with Crippen molar-refractivity contribution in [2.45, 2.75) is 25.4 Å². The molecule has 0 aromatic carbocycles. The van der Waals surface area contributed by atoms with Gasteiger partial charge in [-0.05, 0) is 18.4 Å². The first-order valence-electron chi connectivity index (χ1n) is 3.55. The van der Waals surface area contributed by atoms with E-state index in [1.54, 1.807) is 0 Å². The van der Waals surface area contributed by atoms with E-state index in [1.165, 1.54) is 5.56 Å². The molecule has 0 aliphatic heterocycles. The maximum absolute atomic E-state index is 9.23. The second kappa shape index (κ2) is 2.09. The molecule has 3 nitrogen and oxygen atoms in total. The number of fused-ring (bicyclic) bond motifs is 1. The smallest absolute Gasteiger partial charge is 0.0598 e. The molecule has 0 saturated heterocycles. The zero-order chi connectivity index (χ0) is 6.97. The van der Waals surface area contributed by atoms with Gasteiger partial charge in [-0.3, -0.25) is 5.10 Å². The van der Waals surface area contributed by atoms with Crippen molar-refractivity contribution in [2.24, 2.45) is 0 Å². The SMILES string of the molecule is O[C@H]1CCc2cn[nH]c2C1. The summed E-state index contributed by atoms with van der Waals surface area (Å²) in [6, 6.07) is 0. The van der Waals surface area contributed by atoms with Crippen LogP contribution in [0.5, 0.6) is 0 Å². The van der Waals surface area contributed by atoms with Gasteiger partial charge in [-0.25, -0.2) is 0 Å². The monoisotopic (exact) mass is 138 g/mol. The Labute approximate surface area is 59.1 Å². The summed E-state index contributed by atoms with van der Waals surface area (Å²) >= 11 is 0. The molecular weight excluding hydrogens is 128 g/mol. The number of hydrogen-bond acceptors (Lipinski definition) is 2. The van der Waals surface area contributed by atoms with Crippen LogP contribution in [0.15, 0.2) is 6.20 Å². The number of nitrogens with zero attached hydrogens (tertiary/aromatic N) is 1. The molecule has 2 rings (SSSR count). The van der Waals surface area contributed by atoms with Crippen molar-refractivity contribution in [1.82, 2.24) is 10.2 Å². The van der Waals surface area contributed by atoms with Crippen LogP contribution < -0.4 is 0 Å². The summed E-state index contributed by atoms with van der Waals surface area (Å²) < 4.78 is 0. The molecule has 54 valence electrons. The summed E-state index contributed by atoms with van der Waals surface area (Å²) in [7, 11) is 0. The van der Waals surface area contributed by atoms with Crippen molar-refractivity contribution in [3.8, 4) is 0 Å². The van der Waals surface area contributed by atoms with Crippen molar-refractivity contribution >= 4 is 0 Å². The molecule has 2 N–H and O–H groups in total. The Bertz CT molecular complexity index is 231. The first kappa shape index (κ1) is 5.92. The molecule has 1 aliphatic rings. The predicted octanol–water partition coefficient (Wildman–Crippen LogP) is 0.259. The largest absolute Gasteiger partial charge is 0.393 e. The molecule has 10 heavy (non-hydrogen) atoms. The molecule has 0 radical (unpaired) electrons. The number of nitrogens with one attached hydrogen (secondary N) is 1. The highest BCUT2D eigenvalue weighted by Gasteiger charge is 2.16. The Hall–Kier alpha value is -0.830. The fraction of sp³-hybridized carbons (Fsp3) is 0.571. The number of hydrogen-bond donors (Lipinski definition) is 2. The van der Waals surface area contributed by atoms with E-state index in [-0.39, 0.29) is 6.10 Å². The summed E-state index contributed by atoms with van der Waals surface area (Å²) in [6.45, 7) is 0. The molecule has 0 fully saturated rings. The average molecular weight is 138 g/mol. The third kappa shape index (κ3) is 0.827. The third-order valence-electron chi connectivity index (χ3n) is 1.99. The van der Waals surface area contributed by atoms with Crippen molar-refractivity contribution in [2.75, 3.05) is 0 Å². The van der Waals surface area contributed by atoms with Gasteiger partial charge in [0.2, 0.25) is 0 Å². The molecule has 0 unspecified atom stereocenters. The molecule has 1 aromatic rings. The standard InChI is InChI=1S/C7H10N2O/c10-6-2-1-5-4-8-9-7(5)3-6/h4,6,10H,1-3H2,(H,8,9)/t6-/m0/s1. The van der Waals surface area contributed by atoms with Gasteiger partial charge in [0.1, 0.15) is 0 Å². The Morgan fingerprint density at radius 3 is 3.50 bits per heavy atom. The lowest BCUT2D eigenvalue weighted by Gasteiger charge is -2.15. The van der Waals surface area contributed by atoms with Gasteiger partial charge < -0.3 is 5.11 Å². The van der Waals surface area contributed by atoms with Crippen LogP contribution in [0.2, 0.25) is 0 Å². The lowest BCUT2D eigenvalue weighted by molar-refractivity contribution is 0.157. The number of aromatic amines is 1. The molecule has 0 saturated carbocycles. The quantitative estimate of drug-likeness (QED) is 0.540. The normalized spacial score (nSPS) is 24.3. The molecule has 1 atom stereocenters. The maximum Gasteiger partial charge on any atom is 0.0598 e. The zero-order valence-electron chi connectivity index (χ0n) is 5.67. The first-order valence-corrected chi connectivity index (χ1v) is 3.55. The van der Waals surface area contributed by atoms with Crippen LogP contribution in [0.1, 0.15) is 17.7 Å². The summed E-state index contributed by atoms with van der Waals surface area (Å²) in [4.78, 5) is 0. The molecule has 1 heterocycles. The highest BCUT2D eigenvalue weighted by Crippen LogP contribution is 2.17. The minimum absolute atomic E-state index is 0.159. The van der Waals surface area contributed by atoms with Crippen molar-refractivity contribution in [1.29, 1.82) is 0 Å². The van der Waals surface area contributed by atoms with Crippen LogP contribution in [0, 0.1) is 0 Å². The van der Waals surface area contributed by atoms with Crippen molar-refractivity contribution in [3.05, 3.63) is 17.5 Å². The van der Waals surface area contributed by atoms with E-state index >= 15 is 0 Å². The Morgan fingerprint density at radius 1 is 1.70 bits per heavy atom. The fourth-order valence-corrected chi connectivity index (χ4v) is 1.39. The van der Waals surface area contributed by atoms with E-state index in [9.17, 15) is 5.11 Å².